The van der Waals surface area contributed by atoms with E-state index in [1.54, 1.807) is 11.9 Å². The molecule has 0 aromatic rings. The normalized spacial score (nSPS) is 31.0. The molecule has 84 valence electrons. The van der Waals surface area contributed by atoms with Gasteiger partial charge in [-0.15, -0.1) is 0 Å². The maximum Gasteiger partial charge on any atom is 0.225 e. The quantitative estimate of drug-likeness (QED) is 0.663. The van der Waals surface area contributed by atoms with Crippen molar-refractivity contribution in [3.8, 4) is 0 Å². The Labute approximate surface area is 88.8 Å². The fraction of sp³-hybridized carbons (Fsp3) is 0.800. The van der Waals surface area contributed by atoms with E-state index in [4.69, 9.17) is 4.74 Å². The van der Waals surface area contributed by atoms with Crippen molar-refractivity contribution < 1.29 is 14.3 Å². The smallest absolute Gasteiger partial charge is 0.225 e. The van der Waals surface area contributed by atoms with Gasteiger partial charge in [0.05, 0.1) is 18.6 Å². The Balaban J connectivity index is 1.83. The molecule has 0 saturated carbocycles. The largest absolute Gasteiger partial charge is 0.379 e. The molecule has 0 aliphatic carbocycles. The van der Waals surface area contributed by atoms with Gasteiger partial charge in [0, 0.05) is 26.6 Å². The van der Waals surface area contributed by atoms with Crippen molar-refractivity contribution in [3.05, 3.63) is 0 Å². The molecule has 15 heavy (non-hydrogen) atoms. The number of ether oxygens (including phenoxy) is 1. The van der Waals surface area contributed by atoms with E-state index in [9.17, 15) is 9.59 Å². The van der Waals surface area contributed by atoms with Crippen LogP contribution in [0.3, 0.4) is 0 Å². The van der Waals surface area contributed by atoms with E-state index in [0.29, 0.717) is 26.2 Å². The second-order valence-corrected chi connectivity index (χ2v) is 4.24. The lowest BCUT2D eigenvalue weighted by molar-refractivity contribution is -0.128. The Morgan fingerprint density at radius 2 is 2.40 bits per heavy atom. The molecule has 2 heterocycles. The van der Waals surface area contributed by atoms with Crippen LogP contribution >= 0.6 is 0 Å². The van der Waals surface area contributed by atoms with Crippen LogP contribution in [0.15, 0.2) is 0 Å². The van der Waals surface area contributed by atoms with E-state index in [1.165, 1.54) is 0 Å². The minimum absolute atomic E-state index is 0.0109. The lowest BCUT2D eigenvalue weighted by Gasteiger charge is -2.14. The van der Waals surface area contributed by atoms with Crippen molar-refractivity contribution in [2.75, 3.05) is 26.8 Å². The molecule has 2 unspecified atom stereocenters. The van der Waals surface area contributed by atoms with E-state index in [-0.39, 0.29) is 23.8 Å². The van der Waals surface area contributed by atoms with Gasteiger partial charge in [0.25, 0.3) is 0 Å². The number of hydrogen-bond donors (Lipinski definition) is 1. The first-order valence-electron chi connectivity index (χ1n) is 5.29. The van der Waals surface area contributed by atoms with Crippen LogP contribution in [0.2, 0.25) is 0 Å². The molecule has 2 aliphatic heterocycles. The van der Waals surface area contributed by atoms with Crippen LogP contribution in [0.4, 0.5) is 0 Å². The summed E-state index contributed by atoms with van der Waals surface area (Å²) in [5.74, 6) is -0.135. The number of amides is 2. The Kier molecular flexibility index (Phi) is 2.90. The van der Waals surface area contributed by atoms with Crippen molar-refractivity contribution in [3.63, 3.8) is 0 Å². The molecule has 1 N–H and O–H groups in total. The van der Waals surface area contributed by atoms with Gasteiger partial charge in [0.1, 0.15) is 0 Å². The zero-order chi connectivity index (χ0) is 10.8. The molecular weight excluding hydrogens is 196 g/mol. The first-order chi connectivity index (χ1) is 7.16. The van der Waals surface area contributed by atoms with Gasteiger partial charge in [-0.1, -0.05) is 0 Å². The molecule has 0 bridgehead atoms. The summed E-state index contributed by atoms with van der Waals surface area (Å²) in [5.41, 5.74) is 0. The lowest BCUT2D eigenvalue weighted by Crippen LogP contribution is -2.39. The molecule has 2 amide bonds. The summed E-state index contributed by atoms with van der Waals surface area (Å²) in [5, 5.41) is 2.92. The predicted octanol–water partition coefficient (Wildman–Crippen LogP) is -0.630. The molecule has 0 radical (unpaired) electrons. The van der Waals surface area contributed by atoms with E-state index < -0.39 is 0 Å². The monoisotopic (exact) mass is 212 g/mol. The first kappa shape index (κ1) is 10.4. The third-order valence-corrected chi connectivity index (χ3v) is 2.99. The summed E-state index contributed by atoms with van der Waals surface area (Å²) in [4.78, 5) is 24.6. The Morgan fingerprint density at radius 3 is 2.93 bits per heavy atom. The van der Waals surface area contributed by atoms with Crippen molar-refractivity contribution >= 4 is 11.8 Å². The number of nitrogens with one attached hydrogen (secondary N) is 1. The maximum atomic E-state index is 11.7. The van der Waals surface area contributed by atoms with Gasteiger partial charge in [-0.25, -0.2) is 0 Å². The standard InChI is InChI=1S/C10H16N2O3/c1-12-5-7(4-9(12)13)10(14)11-8-2-3-15-6-8/h7-8H,2-6H2,1H3,(H,11,14). The van der Waals surface area contributed by atoms with Gasteiger partial charge in [-0.3, -0.25) is 9.59 Å². The van der Waals surface area contributed by atoms with Crippen molar-refractivity contribution in [1.82, 2.24) is 10.2 Å². The van der Waals surface area contributed by atoms with E-state index in [2.05, 4.69) is 5.32 Å². The van der Waals surface area contributed by atoms with Gasteiger partial charge in [0.15, 0.2) is 0 Å². The van der Waals surface area contributed by atoms with Crippen molar-refractivity contribution in [1.29, 1.82) is 0 Å². The SMILES string of the molecule is CN1CC(C(=O)NC2CCOC2)CC1=O. The molecule has 2 rings (SSSR count). The maximum absolute atomic E-state index is 11.7. The summed E-state index contributed by atoms with van der Waals surface area (Å²) in [6.45, 7) is 1.86. The van der Waals surface area contributed by atoms with Crippen LogP contribution in [0.5, 0.6) is 0 Å². The second-order valence-electron chi connectivity index (χ2n) is 4.24. The summed E-state index contributed by atoms with van der Waals surface area (Å²) >= 11 is 0. The average molecular weight is 212 g/mol. The second kappa shape index (κ2) is 4.18. The molecule has 5 heteroatoms. The van der Waals surface area contributed by atoms with Crippen LogP contribution in [-0.2, 0) is 14.3 Å². The van der Waals surface area contributed by atoms with Gasteiger partial charge >= 0.3 is 0 Å². The third-order valence-electron chi connectivity index (χ3n) is 2.99. The highest BCUT2D eigenvalue weighted by molar-refractivity contribution is 5.89. The average Bonchev–Trinajstić information content (AvgIpc) is 2.78. The highest BCUT2D eigenvalue weighted by Gasteiger charge is 2.33. The summed E-state index contributed by atoms with van der Waals surface area (Å²) in [6.07, 6.45) is 1.22. The van der Waals surface area contributed by atoms with Crippen LogP contribution in [0.25, 0.3) is 0 Å². The fourth-order valence-electron chi connectivity index (χ4n) is 2.01. The number of carbonyl (C=O) groups excluding carboxylic acids is 2. The van der Waals surface area contributed by atoms with Gasteiger partial charge in [-0.2, -0.15) is 0 Å². The van der Waals surface area contributed by atoms with Crippen LogP contribution < -0.4 is 5.32 Å². The van der Waals surface area contributed by atoms with E-state index in [1.807, 2.05) is 0 Å². The number of likely N-dealkylation sites (tertiary alicyclic amines) is 1. The lowest BCUT2D eigenvalue weighted by atomic mass is 10.1. The minimum Gasteiger partial charge on any atom is -0.379 e. The van der Waals surface area contributed by atoms with Crippen LogP contribution in [0, 0.1) is 5.92 Å². The molecule has 0 aromatic carbocycles. The van der Waals surface area contributed by atoms with E-state index >= 15 is 0 Å². The minimum atomic E-state index is -0.178. The Morgan fingerprint density at radius 1 is 1.60 bits per heavy atom. The summed E-state index contributed by atoms with van der Waals surface area (Å²) < 4.78 is 5.17. The van der Waals surface area contributed by atoms with Gasteiger partial charge in [-0.05, 0) is 6.42 Å². The molecule has 2 atom stereocenters. The highest BCUT2D eigenvalue weighted by Crippen LogP contribution is 2.16. The first-order valence-corrected chi connectivity index (χ1v) is 5.29. The molecule has 0 spiro atoms. The highest BCUT2D eigenvalue weighted by atomic mass is 16.5. The molecular formula is C10H16N2O3. The topological polar surface area (TPSA) is 58.6 Å². The predicted molar refractivity (Wildman–Crippen MR) is 53.1 cm³/mol. The zero-order valence-electron chi connectivity index (χ0n) is 8.86. The molecule has 0 aromatic heterocycles. The number of rotatable bonds is 2. The van der Waals surface area contributed by atoms with Gasteiger partial charge in [0.2, 0.25) is 11.8 Å². The number of carbonyl (C=O) groups is 2. The molecule has 5 nitrogen and oxygen atoms in total. The molecule has 2 aliphatic rings. The van der Waals surface area contributed by atoms with Crippen molar-refractivity contribution in [2.24, 2.45) is 5.92 Å². The summed E-state index contributed by atoms with van der Waals surface area (Å²) in [7, 11) is 1.73. The fourth-order valence-corrected chi connectivity index (χ4v) is 2.01. The molecule has 2 fully saturated rings. The Hall–Kier alpha value is -1.10. The number of nitrogens with zero attached hydrogens (tertiary/aromatic N) is 1. The number of hydrogen-bond acceptors (Lipinski definition) is 3. The molecule has 2 saturated heterocycles. The van der Waals surface area contributed by atoms with Crippen molar-refractivity contribution in [2.45, 2.75) is 18.9 Å². The van der Waals surface area contributed by atoms with Crippen LogP contribution in [0.1, 0.15) is 12.8 Å². The van der Waals surface area contributed by atoms with E-state index in [0.717, 1.165) is 6.42 Å². The zero-order valence-corrected chi connectivity index (χ0v) is 8.86. The third kappa shape index (κ3) is 2.28. The summed E-state index contributed by atoms with van der Waals surface area (Å²) in [6, 6.07) is 0.138. The van der Waals surface area contributed by atoms with Crippen LogP contribution in [-0.4, -0.2) is 49.6 Å². The Bertz CT molecular complexity index is 274. The van der Waals surface area contributed by atoms with Gasteiger partial charge < -0.3 is 15.0 Å².